The molecule has 1 aromatic heterocycles. The lowest BCUT2D eigenvalue weighted by molar-refractivity contribution is 0.0291. The fraction of sp³-hybridized carbons (Fsp3) is 0.545. The highest BCUT2D eigenvalue weighted by molar-refractivity contribution is 6.02. The fourth-order valence-corrected chi connectivity index (χ4v) is 2.09. The Kier molecular flexibility index (Phi) is 3.33. The molecule has 1 saturated heterocycles. The summed E-state index contributed by atoms with van der Waals surface area (Å²) in [5.41, 5.74) is -0.273. The lowest BCUT2D eigenvalue weighted by atomic mass is 9.96. The number of hydrogen-bond donors (Lipinski definition) is 3. The van der Waals surface area contributed by atoms with Crippen molar-refractivity contribution in [3.63, 3.8) is 0 Å². The van der Waals surface area contributed by atoms with Crippen molar-refractivity contribution in [2.45, 2.75) is 19.4 Å². The Morgan fingerprint density at radius 1 is 1.56 bits per heavy atom. The number of aromatic carboxylic acids is 1. The monoisotopic (exact) mass is 253 g/mol. The number of carboxylic acids is 1. The largest absolute Gasteiger partial charge is 0.477 e. The van der Waals surface area contributed by atoms with Crippen molar-refractivity contribution in [3.8, 4) is 0 Å². The molecule has 2 atom stereocenters. The molecule has 98 valence electrons. The van der Waals surface area contributed by atoms with Crippen LogP contribution < -0.4 is 0 Å². The van der Waals surface area contributed by atoms with Crippen LogP contribution in [0.1, 0.15) is 34.3 Å². The van der Waals surface area contributed by atoms with Crippen LogP contribution >= 0.6 is 0 Å². The van der Waals surface area contributed by atoms with Crippen LogP contribution in [0.25, 0.3) is 0 Å². The van der Waals surface area contributed by atoms with Gasteiger partial charge in [0.2, 0.25) is 0 Å². The summed E-state index contributed by atoms with van der Waals surface area (Å²) in [6.45, 7) is 2.68. The maximum absolute atomic E-state index is 12.1. The van der Waals surface area contributed by atoms with Crippen LogP contribution in [0.2, 0.25) is 0 Å². The number of aliphatic hydroxyl groups is 1. The van der Waals surface area contributed by atoms with E-state index in [1.165, 1.54) is 11.2 Å². The molecule has 1 aromatic rings. The predicted octanol–water partition coefficient (Wildman–Crippen LogP) is -0.0492. The van der Waals surface area contributed by atoms with E-state index in [1.54, 1.807) is 0 Å². The van der Waals surface area contributed by atoms with Crippen molar-refractivity contribution in [3.05, 3.63) is 17.7 Å². The van der Waals surface area contributed by atoms with Crippen molar-refractivity contribution in [2.75, 3.05) is 13.1 Å². The average molecular weight is 253 g/mol. The van der Waals surface area contributed by atoms with E-state index in [0.717, 1.165) is 0 Å². The topological polar surface area (TPSA) is 107 Å². The van der Waals surface area contributed by atoms with E-state index >= 15 is 0 Å². The van der Waals surface area contributed by atoms with Gasteiger partial charge in [-0.15, -0.1) is 0 Å². The molecule has 7 heteroatoms. The zero-order valence-corrected chi connectivity index (χ0v) is 9.96. The molecule has 3 N–H and O–H groups in total. The van der Waals surface area contributed by atoms with Crippen LogP contribution in [0, 0.1) is 5.92 Å². The van der Waals surface area contributed by atoms with Gasteiger partial charge in [0, 0.05) is 13.1 Å². The third-order valence-corrected chi connectivity index (χ3v) is 3.20. The van der Waals surface area contributed by atoms with Crippen molar-refractivity contribution in [1.82, 2.24) is 14.9 Å². The number of piperidine rings is 1. The Morgan fingerprint density at radius 3 is 2.89 bits per heavy atom. The fourth-order valence-electron chi connectivity index (χ4n) is 2.09. The second-order valence-electron chi connectivity index (χ2n) is 4.52. The van der Waals surface area contributed by atoms with E-state index in [0.29, 0.717) is 19.5 Å². The minimum absolute atomic E-state index is 0.0186. The van der Waals surface area contributed by atoms with Gasteiger partial charge in [-0.3, -0.25) is 4.79 Å². The lowest BCUT2D eigenvalue weighted by Gasteiger charge is -2.34. The molecule has 1 amide bonds. The number of H-pyrrole nitrogens is 1. The normalized spacial score (nSPS) is 24.0. The number of aliphatic hydroxyl groups excluding tert-OH is 1. The van der Waals surface area contributed by atoms with Gasteiger partial charge in [-0.1, -0.05) is 6.92 Å². The number of hydrogen-bond acceptors (Lipinski definition) is 4. The Hall–Kier alpha value is -1.89. The Bertz CT molecular complexity index is 471. The smallest absolute Gasteiger partial charge is 0.354 e. The van der Waals surface area contributed by atoms with Crippen LogP contribution in [-0.4, -0.2) is 56.2 Å². The molecular weight excluding hydrogens is 238 g/mol. The number of carboxylic acid groups (broad SMARTS) is 1. The van der Waals surface area contributed by atoms with Gasteiger partial charge < -0.3 is 20.1 Å². The first-order valence-corrected chi connectivity index (χ1v) is 5.74. The van der Waals surface area contributed by atoms with Gasteiger partial charge in [0.15, 0.2) is 11.4 Å². The summed E-state index contributed by atoms with van der Waals surface area (Å²) < 4.78 is 0. The molecule has 0 aromatic carbocycles. The van der Waals surface area contributed by atoms with Crippen LogP contribution in [0.5, 0.6) is 0 Å². The number of nitrogens with zero attached hydrogens (tertiary/aromatic N) is 2. The number of aromatic nitrogens is 2. The van der Waals surface area contributed by atoms with Gasteiger partial charge in [0.25, 0.3) is 5.91 Å². The van der Waals surface area contributed by atoms with Gasteiger partial charge in [0.1, 0.15) is 0 Å². The summed E-state index contributed by atoms with van der Waals surface area (Å²) in [4.78, 5) is 30.8. The maximum atomic E-state index is 12.1. The molecule has 1 aliphatic rings. The van der Waals surface area contributed by atoms with Gasteiger partial charge in [-0.25, -0.2) is 9.78 Å². The first-order chi connectivity index (χ1) is 8.50. The van der Waals surface area contributed by atoms with Crippen molar-refractivity contribution >= 4 is 11.9 Å². The third-order valence-electron chi connectivity index (χ3n) is 3.20. The first kappa shape index (κ1) is 12.6. The third kappa shape index (κ3) is 2.21. The highest BCUT2D eigenvalue weighted by Gasteiger charge is 2.30. The van der Waals surface area contributed by atoms with E-state index in [4.69, 9.17) is 5.11 Å². The minimum Gasteiger partial charge on any atom is -0.477 e. The number of carbonyl (C=O) groups excluding carboxylic acids is 1. The van der Waals surface area contributed by atoms with Gasteiger partial charge >= 0.3 is 5.97 Å². The molecule has 18 heavy (non-hydrogen) atoms. The van der Waals surface area contributed by atoms with Crippen molar-refractivity contribution in [1.29, 1.82) is 0 Å². The van der Waals surface area contributed by atoms with E-state index in [9.17, 15) is 14.7 Å². The molecule has 2 unspecified atom stereocenters. The second kappa shape index (κ2) is 4.77. The van der Waals surface area contributed by atoms with Crippen LogP contribution in [0.3, 0.4) is 0 Å². The highest BCUT2D eigenvalue weighted by Crippen LogP contribution is 2.19. The van der Waals surface area contributed by atoms with E-state index < -0.39 is 18.0 Å². The number of rotatable bonds is 2. The zero-order chi connectivity index (χ0) is 13.3. The summed E-state index contributed by atoms with van der Waals surface area (Å²) in [5, 5.41) is 18.5. The van der Waals surface area contributed by atoms with Crippen molar-refractivity contribution < 1.29 is 19.8 Å². The Labute approximate surface area is 103 Å². The standard InChI is InChI=1S/C11H15N3O4/c1-6-4-14(3-2-7(6)15)10(16)8-9(11(17)18)13-5-12-8/h5-7,15H,2-4H2,1H3,(H,12,13)(H,17,18). The number of aromatic amines is 1. The number of amides is 1. The van der Waals surface area contributed by atoms with Crippen LogP contribution in [-0.2, 0) is 0 Å². The molecule has 0 radical (unpaired) electrons. The molecule has 1 aliphatic heterocycles. The van der Waals surface area contributed by atoms with Crippen LogP contribution in [0.4, 0.5) is 0 Å². The van der Waals surface area contributed by atoms with Gasteiger partial charge in [-0.05, 0) is 12.3 Å². The molecule has 0 spiro atoms. The summed E-state index contributed by atoms with van der Waals surface area (Å²) in [5.74, 6) is -1.64. The first-order valence-electron chi connectivity index (χ1n) is 5.74. The zero-order valence-electron chi connectivity index (χ0n) is 9.96. The summed E-state index contributed by atoms with van der Waals surface area (Å²) in [6, 6.07) is 0. The second-order valence-corrected chi connectivity index (χ2v) is 4.52. The highest BCUT2D eigenvalue weighted by atomic mass is 16.4. The molecular formula is C11H15N3O4. The van der Waals surface area contributed by atoms with E-state index in [-0.39, 0.29) is 17.3 Å². The van der Waals surface area contributed by atoms with Gasteiger partial charge in [0.05, 0.1) is 12.4 Å². The molecule has 7 nitrogen and oxygen atoms in total. The average Bonchev–Trinajstić information content (AvgIpc) is 2.81. The summed E-state index contributed by atoms with van der Waals surface area (Å²) in [7, 11) is 0. The SMILES string of the molecule is CC1CN(C(=O)c2nc[nH]c2C(=O)O)CCC1O. The Morgan fingerprint density at radius 2 is 2.28 bits per heavy atom. The predicted molar refractivity (Wildman–Crippen MR) is 61.2 cm³/mol. The van der Waals surface area contributed by atoms with Gasteiger partial charge in [-0.2, -0.15) is 0 Å². The number of imidazole rings is 1. The quantitative estimate of drug-likeness (QED) is 0.685. The lowest BCUT2D eigenvalue weighted by Crippen LogP contribution is -2.45. The van der Waals surface area contributed by atoms with E-state index in [1.807, 2.05) is 6.92 Å². The number of likely N-dealkylation sites (tertiary alicyclic amines) is 1. The number of carbonyl (C=O) groups is 2. The summed E-state index contributed by atoms with van der Waals surface area (Å²) >= 11 is 0. The minimum atomic E-state index is -1.21. The molecule has 2 heterocycles. The molecule has 1 fully saturated rings. The molecule has 0 bridgehead atoms. The molecule has 2 rings (SSSR count). The van der Waals surface area contributed by atoms with E-state index in [2.05, 4.69) is 9.97 Å². The maximum Gasteiger partial charge on any atom is 0.354 e. The summed E-state index contributed by atoms with van der Waals surface area (Å²) in [6.07, 6.45) is 1.28. The number of nitrogens with one attached hydrogen (secondary N) is 1. The Balaban J connectivity index is 2.16. The molecule has 0 saturated carbocycles. The van der Waals surface area contributed by atoms with Crippen LogP contribution in [0.15, 0.2) is 6.33 Å². The van der Waals surface area contributed by atoms with Crippen molar-refractivity contribution in [2.24, 2.45) is 5.92 Å². The molecule has 0 aliphatic carbocycles.